The van der Waals surface area contributed by atoms with Crippen molar-refractivity contribution in [2.75, 3.05) is 33.2 Å². The van der Waals surface area contributed by atoms with E-state index in [0.29, 0.717) is 12.5 Å². The maximum atomic E-state index is 12.4. The third kappa shape index (κ3) is 5.77. The fourth-order valence-electron chi connectivity index (χ4n) is 3.58. The van der Waals surface area contributed by atoms with Gasteiger partial charge in [-0.15, -0.1) is 0 Å². The molecular weight excluding hydrogens is 356 g/mol. The summed E-state index contributed by atoms with van der Waals surface area (Å²) in [6.45, 7) is 5.74. The molecule has 2 N–H and O–H groups in total. The molecule has 8 heteroatoms. The summed E-state index contributed by atoms with van der Waals surface area (Å²) in [7, 11) is 1.85. The highest BCUT2D eigenvalue weighted by Gasteiger charge is 2.22. The number of carbonyl (C=O) groups is 1. The number of rotatable bonds is 7. The maximum Gasteiger partial charge on any atom is 0.317 e. The molecule has 1 unspecified atom stereocenters. The number of carbonyl (C=O) groups excluding carboxylic acids is 1. The smallest absolute Gasteiger partial charge is 0.317 e. The molecule has 152 valence electrons. The molecule has 1 aliphatic rings. The molecular formula is C20H30N6O2. The molecule has 3 rings (SSSR count). The van der Waals surface area contributed by atoms with Crippen molar-refractivity contribution in [1.29, 1.82) is 0 Å². The van der Waals surface area contributed by atoms with Crippen molar-refractivity contribution in [2.45, 2.75) is 32.4 Å². The Bertz CT molecular complexity index is 724. The topological polar surface area (TPSA) is 86.5 Å². The van der Waals surface area contributed by atoms with Gasteiger partial charge in [-0.3, -0.25) is 4.57 Å². The summed E-state index contributed by atoms with van der Waals surface area (Å²) in [5.74, 6) is 1.31. The number of piperidine rings is 1. The van der Waals surface area contributed by atoms with Gasteiger partial charge in [0.15, 0.2) is 0 Å². The number of aliphatic hydroxyl groups excluding tert-OH is 1. The third-order valence-electron chi connectivity index (χ3n) is 5.13. The molecule has 3 heterocycles. The van der Waals surface area contributed by atoms with Gasteiger partial charge in [0, 0.05) is 45.3 Å². The molecule has 0 aromatic carbocycles. The van der Waals surface area contributed by atoms with Crippen LogP contribution in [-0.2, 0) is 6.54 Å². The van der Waals surface area contributed by atoms with Gasteiger partial charge in [-0.1, -0.05) is 6.07 Å². The fourth-order valence-corrected chi connectivity index (χ4v) is 3.58. The van der Waals surface area contributed by atoms with E-state index in [-0.39, 0.29) is 12.1 Å². The van der Waals surface area contributed by atoms with Gasteiger partial charge < -0.3 is 20.2 Å². The van der Waals surface area contributed by atoms with E-state index < -0.39 is 0 Å². The number of hydrogen-bond donors (Lipinski definition) is 2. The van der Waals surface area contributed by atoms with Crippen molar-refractivity contribution >= 4 is 6.03 Å². The van der Waals surface area contributed by atoms with E-state index in [1.54, 1.807) is 23.6 Å². The van der Waals surface area contributed by atoms with Crippen molar-refractivity contribution in [1.82, 2.24) is 29.7 Å². The van der Waals surface area contributed by atoms with Gasteiger partial charge in [-0.05, 0) is 50.4 Å². The molecule has 0 saturated carbocycles. The summed E-state index contributed by atoms with van der Waals surface area (Å²) in [5, 5.41) is 12.5. The Balaban J connectivity index is 1.40. The van der Waals surface area contributed by atoms with Gasteiger partial charge in [-0.2, -0.15) is 0 Å². The highest BCUT2D eigenvalue weighted by Crippen LogP contribution is 2.18. The number of β-amino-alcohol motifs (C(OH)–C–C–N with tert-alkyl or cyclic N) is 1. The van der Waals surface area contributed by atoms with Crippen LogP contribution in [0.4, 0.5) is 4.79 Å². The number of nitrogens with zero attached hydrogens (tertiary/aromatic N) is 5. The molecule has 0 aliphatic carbocycles. The minimum Gasteiger partial charge on any atom is -0.392 e. The number of aromatic nitrogens is 3. The lowest BCUT2D eigenvalue weighted by atomic mass is 9.96. The average Bonchev–Trinajstić information content (AvgIpc) is 3.22. The Hall–Kier alpha value is -2.45. The zero-order valence-electron chi connectivity index (χ0n) is 16.7. The summed E-state index contributed by atoms with van der Waals surface area (Å²) in [6, 6.07) is 3.80. The van der Waals surface area contributed by atoms with Crippen LogP contribution in [0.1, 0.15) is 25.3 Å². The van der Waals surface area contributed by atoms with Crippen LogP contribution in [-0.4, -0.2) is 74.8 Å². The van der Waals surface area contributed by atoms with E-state index in [4.69, 9.17) is 0 Å². The highest BCUT2D eigenvalue weighted by atomic mass is 16.3. The molecule has 1 atom stereocenters. The quantitative estimate of drug-likeness (QED) is 0.753. The number of imidazole rings is 1. The van der Waals surface area contributed by atoms with E-state index in [1.807, 2.05) is 36.9 Å². The average molecular weight is 387 g/mol. The van der Waals surface area contributed by atoms with Crippen LogP contribution < -0.4 is 5.32 Å². The first kappa shape index (κ1) is 20.3. The molecule has 1 aliphatic heterocycles. The van der Waals surface area contributed by atoms with E-state index in [9.17, 15) is 9.90 Å². The number of amides is 2. The van der Waals surface area contributed by atoms with Gasteiger partial charge in [0.05, 0.1) is 6.10 Å². The number of likely N-dealkylation sites (tertiary alicyclic amines) is 1. The zero-order valence-corrected chi connectivity index (χ0v) is 16.7. The minimum absolute atomic E-state index is 0.0647. The third-order valence-corrected chi connectivity index (χ3v) is 5.13. The number of nitrogens with one attached hydrogen (secondary N) is 1. The van der Waals surface area contributed by atoms with Crippen molar-refractivity contribution in [2.24, 2.45) is 5.92 Å². The first-order valence-corrected chi connectivity index (χ1v) is 9.84. The first-order chi connectivity index (χ1) is 13.5. The molecule has 8 nitrogen and oxygen atoms in total. The van der Waals surface area contributed by atoms with Gasteiger partial charge in [0.1, 0.15) is 12.1 Å². The number of hydrogen-bond acceptors (Lipinski definition) is 5. The Morgan fingerprint density at radius 1 is 1.39 bits per heavy atom. The predicted octanol–water partition coefficient (Wildman–Crippen LogP) is 1.50. The lowest BCUT2D eigenvalue weighted by molar-refractivity contribution is 0.0945. The van der Waals surface area contributed by atoms with Crippen molar-refractivity contribution < 1.29 is 9.90 Å². The summed E-state index contributed by atoms with van der Waals surface area (Å²) >= 11 is 0. The van der Waals surface area contributed by atoms with Crippen LogP contribution >= 0.6 is 0 Å². The van der Waals surface area contributed by atoms with Gasteiger partial charge >= 0.3 is 6.03 Å². The van der Waals surface area contributed by atoms with E-state index in [2.05, 4.69) is 20.2 Å². The molecule has 0 bridgehead atoms. The van der Waals surface area contributed by atoms with Gasteiger partial charge in [-0.25, -0.2) is 14.8 Å². The summed E-state index contributed by atoms with van der Waals surface area (Å²) in [5.41, 5.74) is 0.956. The molecule has 2 aromatic heterocycles. The van der Waals surface area contributed by atoms with Crippen LogP contribution in [0.15, 0.2) is 37.1 Å². The second kappa shape index (κ2) is 9.66. The predicted molar refractivity (Wildman–Crippen MR) is 107 cm³/mol. The van der Waals surface area contributed by atoms with Crippen molar-refractivity contribution in [3.8, 4) is 5.82 Å². The molecule has 1 saturated heterocycles. The van der Waals surface area contributed by atoms with Crippen LogP contribution in [0.2, 0.25) is 0 Å². The maximum absolute atomic E-state index is 12.4. The lowest BCUT2D eigenvalue weighted by Gasteiger charge is -2.34. The Morgan fingerprint density at radius 3 is 2.79 bits per heavy atom. The molecule has 0 radical (unpaired) electrons. The molecule has 2 amide bonds. The SMILES string of the molecule is CC(O)CN1CCC(CN(C)C(=O)NCc2ccc(-n3ccnc3)nc2)CC1. The number of urea groups is 1. The minimum atomic E-state index is -0.284. The Morgan fingerprint density at radius 2 is 2.18 bits per heavy atom. The van der Waals surface area contributed by atoms with E-state index >= 15 is 0 Å². The van der Waals surface area contributed by atoms with Crippen LogP contribution in [0.25, 0.3) is 5.82 Å². The number of pyridine rings is 1. The lowest BCUT2D eigenvalue weighted by Crippen LogP contribution is -2.43. The van der Waals surface area contributed by atoms with Crippen LogP contribution in [0.3, 0.4) is 0 Å². The standard InChI is InChI=1S/C20H30N6O2/c1-16(27)13-25-8-5-17(6-9-25)14-24(2)20(28)23-12-18-3-4-19(22-11-18)26-10-7-21-15-26/h3-4,7,10-11,15-17,27H,5-6,8-9,12-14H2,1-2H3,(H,23,28). The van der Waals surface area contributed by atoms with Crippen LogP contribution in [0.5, 0.6) is 0 Å². The van der Waals surface area contributed by atoms with Gasteiger partial charge in [0.2, 0.25) is 0 Å². The molecule has 28 heavy (non-hydrogen) atoms. The van der Waals surface area contributed by atoms with Crippen LogP contribution in [0, 0.1) is 5.92 Å². The van der Waals surface area contributed by atoms with Gasteiger partial charge in [0.25, 0.3) is 0 Å². The largest absolute Gasteiger partial charge is 0.392 e. The Kier molecular flexibility index (Phi) is 7.00. The number of aliphatic hydroxyl groups is 1. The van der Waals surface area contributed by atoms with E-state index in [1.165, 1.54) is 0 Å². The normalized spacial score (nSPS) is 16.7. The van der Waals surface area contributed by atoms with E-state index in [0.717, 1.165) is 50.4 Å². The summed E-state index contributed by atoms with van der Waals surface area (Å²) in [4.78, 5) is 24.9. The highest BCUT2D eigenvalue weighted by molar-refractivity contribution is 5.73. The summed E-state index contributed by atoms with van der Waals surface area (Å²) in [6.07, 6.45) is 8.86. The first-order valence-electron chi connectivity index (χ1n) is 9.84. The monoisotopic (exact) mass is 386 g/mol. The Labute approximate surface area is 166 Å². The zero-order chi connectivity index (χ0) is 19.9. The molecule has 0 spiro atoms. The second-order valence-corrected chi connectivity index (χ2v) is 7.63. The van der Waals surface area contributed by atoms with Crippen molar-refractivity contribution in [3.63, 3.8) is 0 Å². The molecule has 1 fully saturated rings. The molecule has 2 aromatic rings. The van der Waals surface area contributed by atoms with Crippen molar-refractivity contribution in [3.05, 3.63) is 42.6 Å². The second-order valence-electron chi connectivity index (χ2n) is 7.63. The summed E-state index contributed by atoms with van der Waals surface area (Å²) < 4.78 is 1.84. The fraction of sp³-hybridized carbons (Fsp3) is 0.550.